The normalized spacial score (nSPS) is 26.2. The van der Waals surface area contributed by atoms with Gasteiger partial charge in [-0.15, -0.1) is 0 Å². The molecule has 3 nitrogen and oxygen atoms in total. The first kappa shape index (κ1) is 14.7. The number of fused-ring (bicyclic) bond motifs is 2. The standard InChI is InChI=1S/C16H22F2N2O/c1-11(2)19-9-13-7-14(10-19)20(13)8-12-3-5-15(6-4-12)21-16(17)18/h3-6,11,13-14,16H,7-10H2,1-2H3. The number of hydrogen-bond acceptors (Lipinski definition) is 3. The summed E-state index contributed by atoms with van der Waals surface area (Å²) in [5.74, 6) is 0.225. The maximum Gasteiger partial charge on any atom is 0.387 e. The first-order chi connectivity index (χ1) is 10.0. The van der Waals surface area contributed by atoms with Gasteiger partial charge >= 0.3 is 6.61 Å². The Hall–Kier alpha value is -1.20. The summed E-state index contributed by atoms with van der Waals surface area (Å²) in [7, 11) is 0. The maximum absolute atomic E-state index is 12.1. The molecule has 3 fully saturated rings. The molecule has 2 unspecified atom stereocenters. The van der Waals surface area contributed by atoms with Gasteiger partial charge in [0.15, 0.2) is 0 Å². The van der Waals surface area contributed by atoms with Gasteiger partial charge in [-0.05, 0) is 38.0 Å². The third-order valence-electron chi connectivity index (χ3n) is 4.62. The minimum absolute atomic E-state index is 0.225. The number of piperidine rings is 1. The van der Waals surface area contributed by atoms with Gasteiger partial charge < -0.3 is 4.74 Å². The average Bonchev–Trinajstić information content (AvgIpc) is 2.45. The van der Waals surface area contributed by atoms with Crippen molar-refractivity contribution in [3.8, 4) is 5.75 Å². The molecular formula is C16H22F2N2O. The van der Waals surface area contributed by atoms with Crippen LogP contribution < -0.4 is 4.74 Å². The second-order valence-corrected chi connectivity index (χ2v) is 6.29. The molecule has 2 bridgehead atoms. The molecule has 1 aromatic carbocycles. The molecule has 0 radical (unpaired) electrons. The average molecular weight is 296 g/mol. The first-order valence-corrected chi connectivity index (χ1v) is 7.56. The Labute approximate surface area is 124 Å². The van der Waals surface area contributed by atoms with Gasteiger partial charge in [-0.3, -0.25) is 9.80 Å². The molecule has 0 aliphatic carbocycles. The summed E-state index contributed by atoms with van der Waals surface area (Å²) >= 11 is 0. The van der Waals surface area contributed by atoms with Crippen LogP contribution in [0.2, 0.25) is 0 Å². The van der Waals surface area contributed by atoms with Gasteiger partial charge in [-0.1, -0.05) is 12.1 Å². The van der Waals surface area contributed by atoms with Crippen molar-refractivity contribution < 1.29 is 13.5 Å². The van der Waals surface area contributed by atoms with Gasteiger partial charge in [0.1, 0.15) is 5.75 Å². The van der Waals surface area contributed by atoms with Crippen molar-refractivity contribution in [1.82, 2.24) is 9.80 Å². The summed E-state index contributed by atoms with van der Waals surface area (Å²) in [6.45, 7) is 4.92. The number of ether oxygens (including phenoxy) is 1. The molecule has 1 aromatic rings. The quantitative estimate of drug-likeness (QED) is 0.831. The molecule has 0 aromatic heterocycles. The zero-order chi connectivity index (χ0) is 15.0. The number of hydrogen-bond donors (Lipinski definition) is 0. The summed E-state index contributed by atoms with van der Waals surface area (Å²) in [5.41, 5.74) is 1.16. The SMILES string of the molecule is CC(C)N1CC2CC(C1)N2Cc1ccc(OC(F)F)cc1. The molecular weight excluding hydrogens is 274 g/mol. The Bertz CT molecular complexity index is 466. The monoisotopic (exact) mass is 296 g/mol. The van der Waals surface area contributed by atoms with E-state index < -0.39 is 6.61 Å². The van der Waals surface area contributed by atoms with Gasteiger partial charge in [-0.2, -0.15) is 8.78 Å². The van der Waals surface area contributed by atoms with Crippen molar-refractivity contribution in [1.29, 1.82) is 0 Å². The molecule has 3 heterocycles. The Morgan fingerprint density at radius 3 is 2.29 bits per heavy atom. The number of piperazine rings is 1. The summed E-state index contributed by atoms with van der Waals surface area (Å²) in [5, 5.41) is 0. The van der Waals surface area contributed by atoms with Crippen LogP contribution in [0.4, 0.5) is 8.78 Å². The predicted octanol–water partition coefficient (Wildman–Crippen LogP) is 2.95. The molecule has 4 rings (SSSR count). The number of benzene rings is 1. The minimum atomic E-state index is -2.76. The first-order valence-electron chi connectivity index (χ1n) is 7.56. The zero-order valence-corrected chi connectivity index (χ0v) is 12.5. The number of alkyl halides is 2. The lowest BCUT2D eigenvalue weighted by Gasteiger charge is -2.57. The summed E-state index contributed by atoms with van der Waals surface area (Å²) in [6.07, 6.45) is 1.29. The van der Waals surface area contributed by atoms with E-state index in [1.165, 1.54) is 6.42 Å². The fourth-order valence-electron chi connectivity index (χ4n) is 3.39. The summed E-state index contributed by atoms with van der Waals surface area (Å²) in [6, 6.07) is 8.90. The van der Waals surface area contributed by atoms with Crippen LogP contribution in [0.25, 0.3) is 0 Å². The van der Waals surface area contributed by atoms with Crippen LogP contribution in [-0.2, 0) is 6.54 Å². The Kier molecular flexibility index (Phi) is 4.13. The highest BCUT2D eigenvalue weighted by atomic mass is 19.3. The van der Waals surface area contributed by atoms with Crippen LogP contribution in [0.5, 0.6) is 5.75 Å². The van der Waals surface area contributed by atoms with Crippen LogP contribution in [0.15, 0.2) is 24.3 Å². The van der Waals surface area contributed by atoms with E-state index in [-0.39, 0.29) is 5.75 Å². The molecule has 3 aliphatic heterocycles. The van der Waals surface area contributed by atoms with E-state index in [2.05, 4.69) is 28.4 Å². The summed E-state index contributed by atoms with van der Waals surface area (Å²) in [4.78, 5) is 5.07. The predicted molar refractivity (Wildman–Crippen MR) is 77.5 cm³/mol. The molecule has 0 N–H and O–H groups in total. The van der Waals surface area contributed by atoms with E-state index in [1.54, 1.807) is 12.1 Å². The van der Waals surface area contributed by atoms with Gasteiger partial charge in [-0.25, -0.2) is 0 Å². The van der Waals surface area contributed by atoms with Gasteiger partial charge in [0.2, 0.25) is 0 Å². The lowest BCUT2D eigenvalue weighted by molar-refractivity contribution is -0.0835. The highest BCUT2D eigenvalue weighted by molar-refractivity contribution is 5.27. The minimum Gasteiger partial charge on any atom is -0.435 e. The molecule has 5 heteroatoms. The maximum atomic E-state index is 12.1. The van der Waals surface area contributed by atoms with E-state index in [0.29, 0.717) is 18.1 Å². The Morgan fingerprint density at radius 2 is 1.76 bits per heavy atom. The smallest absolute Gasteiger partial charge is 0.387 e. The van der Waals surface area contributed by atoms with E-state index in [9.17, 15) is 8.78 Å². The van der Waals surface area contributed by atoms with Gasteiger partial charge in [0, 0.05) is 37.8 Å². The third-order valence-corrected chi connectivity index (χ3v) is 4.62. The van der Waals surface area contributed by atoms with Crippen molar-refractivity contribution in [2.24, 2.45) is 0 Å². The molecule has 21 heavy (non-hydrogen) atoms. The molecule has 0 spiro atoms. The molecule has 116 valence electrons. The fourth-order valence-corrected chi connectivity index (χ4v) is 3.39. The van der Waals surface area contributed by atoms with Crippen molar-refractivity contribution in [3.63, 3.8) is 0 Å². The van der Waals surface area contributed by atoms with Crippen molar-refractivity contribution in [2.75, 3.05) is 13.1 Å². The largest absolute Gasteiger partial charge is 0.435 e. The van der Waals surface area contributed by atoms with E-state index in [0.717, 1.165) is 25.2 Å². The lowest BCUT2D eigenvalue weighted by atomic mass is 9.86. The van der Waals surface area contributed by atoms with Gasteiger partial charge in [0.05, 0.1) is 0 Å². The van der Waals surface area contributed by atoms with Crippen LogP contribution in [0.1, 0.15) is 25.8 Å². The molecule has 2 atom stereocenters. The lowest BCUT2D eigenvalue weighted by Crippen LogP contribution is -2.68. The van der Waals surface area contributed by atoms with Crippen LogP contribution in [0.3, 0.4) is 0 Å². The zero-order valence-electron chi connectivity index (χ0n) is 12.5. The van der Waals surface area contributed by atoms with Crippen LogP contribution in [-0.4, -0.2) is 47.6 Å². The Morgan fingerprint density at radius 1 is 1.14 bits per heavy atom. The second kappa shape index (κ2) is 5.89. The summed E-state index contributed by atoms with van der Waals surface area (Å²) < 4.78 is 28.6. The van der Waals surface area contributed by atoms with Crippen molar-refractivity contribution in [2.45, 2.75) is 51.6 Å². The highest BCUT2D eigenvalue weighted by Gasteiger charge is 2.44. The topological polar surface area (TPSA) is 15.7 Å². The molecule has 0 amide bonds. The van der Waals surface area contributed by atoms with Crippen LogP contribution in [0, 0.1) is 0 Å². The van der Waals surface area contributed by atoms with E-state index in [1.807, 2.05) is 12.1 Å². The van der Waals surface area contributed by atoms with Crippen molar-refractivity contribution in [3.05, 3.63) is 29.8 Å². The number of rotatable bonds is 5. The van der Waals surface area contributed by atoms with Crippen LogP contribution >= 0.6 is 0 Å². The molecule has 3 saturated heterocycles. The van der Waals surface area contributed by atoms with Gasteiger partial charge in [0.25, 0.3) is 0 Å². The van der Waals surface area contributed by atoms with Crippen molar-refractivity contribution >= 4 is 0 Å². The molecule has 0 saturated carbocycles. The fraction of sp³-hybridized carbons (Fsp3) is 0.625. The van der Waals surface area contributed by atoms with E-state index in [4.69, 9.17) is 0 Å². The Balaban J connectivity index is 1.56. The second-order valence-electron chi connectivity index (χ2n) is 6.29. The number of nitrogens with zero attached hydrogens (tertiary/aromatic N) is 2. The third kappa shape index (κ3) is 3.19. The van der Waals surface area contributed by atoms with E-state index >= 15 is 0 Å². The highest BCUT2D eigenvalue weighted by Crippen LogP contribution is 2.34. The molecule has 3 aliphatic rings. The number of halogens is 2.